The minimum absolute atomic E-state index is 0.103. The van der Waals surface area contributed by atoms with Crippen molar-refractivity contribution >= 4 is 29.0 Å². The summed E-state index contributed by atoms with van der Waals surface area (Å²) in [6.07, 6.45) is 1.56. The highest BCUT2D eigenvalue weighted by Crippen LogP contribution is 2.68. The Balaban J connectivity index is 1.45. The Morgan fingerprint density at radius 3 is 2.66 bits per heavy atom. The van der Waals surface area contributed by atoms with Crippen molar-refractivity contribution in [3.05, 3.63) is 82.9 Å². The van der Waals surface area contributed by atoms with E-state index in [1.165, 1.54) is 0 Å². The van der Waals surface area contributed by atoms with E-state index in [-0.39, 0.29) is 30.4 Å². The molecule has 190 valence electrons. The molecule has 5 aliphatic rings. The Morgan fingerprint density at radius 2 is 1.76 bits per heavy atom. The highest BCUT2D eigenvalue weighted by molar-refractivity contribution is 6.21. The van der Waals surface area contributed by atoms with Gasteiger partial charge in [0.05, 0.1) is 5.92 Å². The van der Waals surface area contributed by atoms with E-state index in [1.54, 1.807) is 18.2 Å². The van der Waals surface area contributed by atoms with Crippen molar-refractivity contribution in [1.82, 2.24) is 4.90 Å². The molecule has 5 aliphatic heterocycles. The molecule has 5 heterocycles. The lowest BCUT2D eigenvalue weighted by Gasteiger charge is -2.43. The molecule has 8 rings (SSSR count). The van der Waals surface area contributed by atoms with Gasteiger partial charge in [-0.2, -0.15) is 0 Å². The first-order valence-electron chi connectivity index (χ1n) is 13.0. The Bertz CT molecular complexity index is 1600. The molecule has 2 saturated heterocycles. The van der Waals surface area contributed by atoms with E-state index in [1.807, 2.05) is 49.4 Å². The van der Waals surface area contributed by atoms with Gasteiger partial charge in [-0.15, -0.1) is 0 Å². The lowest BCUT2D eigenvalue weighted by Crippen LogP contribution is -2.62. The van der Waals surface area contributed by atoms with Crippen LogP contribution in [0.1, 0.15) is 39.9 Å². The van der Waals surface area contributed by atoms with E-state index >= 15 is 0 Å². The number of Topliss-reactive ketones (excluding diaryl/α,β-unsaturated/α-hetero) is 1. The van der Waals surface area contributed by atoms with Gasteiger partial charge >= 0.3 is 0 Å². The third-order valence-electron chi connectivity index (χ3n) is 9.28. The number of hydrogen-bond acceptors (Lipinski definition) is 6. The average Bonchev–Trinajstić information content (AvgIpc) is 3.71. The van der Waals surface area contributed by atoms with Crippen LogP contribution in [-0.4, -0.2) is 41.9 Å². The van der Waals surface area contributed by atoms with Crippen molar-refractivity contribution in [3.8, 4) is 11.5 Å². The fourth-order valence-corrected chi connectivity index (χ4v) is 7.98. The first kappa shape index (κ1) is 21.9. The number of hydrogen-bond donors (Lipinski definition) is 2. The van der Waals surface area contributed by atoms with Crippen molar-refractivity contribution in [1.29, 1.82) is 0 Å². The van der Waals surface area contributed by atoms with Gasteiger partial charge in [0, 0.05) is 28.5 Å². The molecular weight excluding hydrogens is 482 g/mol. The maximum absolute atomic E-state index is 14.7. The molecule has 0 radical (unpaired) electrons. The van der Waals surface area contributed by atoms with Crippen LogP contribution in [0.3, 0.4) is 0 Å². The number of para-hydroxylation sites is 2. The second-order valence-corrected chi connectivity index (χ2v) is 10.8. The third kappa shape index (κ3) is 2.29. The summed E-state index contributed by atoms with van der Waals surface area (Å²) in [7, 11) is 0. The number of amides is 2. The van der Waals surface area contributed by atoms with Gasteiger partial charge in [0.1, 0.15) is 11.0 Å². The summed E-state index contributed by atoms with van der Waals surface area (Å²) in [6, 6.07) is 18.2. The molecule has 0 saturated carbocycles. The van der Waals surface area contributed by atoms with Crippen LogP contribution in [0, 0.1) is 12.8 Å². The topological polar surface area (TPSA) is 97.0 Å². The smallest absolute Gasteiger partial charge is 0.251 e. The Labute approximate surface area is 218 Å². The Hall–Kier alpha value is -4.17. The number of nitrogens with zero attached hydrogens (tertiary/aromatic N) is 1. The minimum atomic E-state index is -1.45. The van der Waals surface area contributed by atoms with Crippen LogP contribution >= 0.6 is 0 Å². The molecule has 3 aromatic carbocycles. The van der Waals surface area contributed by atoms with Crippen LogP contribution in [0.5, 0.6) is 11.5 Å². The van der Waals surface area contributed by atoms with E-state index < -0.39 is 16.9 Å². The molecule has 38 heavy (non-hydrogen) atoms. The van der Waals surface area contributed by atoms with Crippen molar-refractivity contribution in [3.63, 3.8) is 0 Å². The Kier molecular flexibility index (Phi) is 4.16. The zero-order valence-electron chi connectivity index (χ0n) is 20.7. The van der Waals surface area contributed by atoms with Gasteiger partial charge in [0.25, 0.3) is 5.91 Å². The predicted octanol–water partition coefficient (Wildman–Crippen LogP) is 3.74. The van der Waals surface area contributed by atoms with Crippen LogP contribution in [0.4, 0.5) is 11.4 Å². The number of rotatable bonds is 2. The zero-order chi connectivity index (χ0) is 25.8. The van der Waals surface area contributed by atoms with Gasteiger partial charge in [-0.25, -0.2) is 0 Å². The summed E-state index contributed by atoms with van der Waals surface area (Å²) < 4.78 is 11.0. The number of nitrogens with one attached hydrogen (secondary N) is 2. The SMILES string of the molecule is Cc1cccc2c1NC(=O)[C@]21N2CCC[C@H]2[C@@H](C(=O)c2ccc3c(c2)OCO3)[C@]12C(=O)Nc1ccccc12. The van der Waals surface area contributed by atoms with Crippen molar-refractivity contribution in [2.75, 3.05) is 24.0 Å². The van der Waals surface area contributed by atoms with Crippen molar-refractivity contribution in [2.45, 2.75) is 36.8 Å². The molecule has 3 aromatic rings. The number of benzene rings is 3. The normalized spacial score (nSPS) is 29.9. The second kappa shape index (κ2) is 7.23. The second-order valence-electron chi connectivity index (χ2n) is 10.8. The highest BCUT2D eigenvalue weighted by atomic mass is 16.7. The van der Waals surface area contributed by atoms with Gasteiger partial charge in [-0.3, -0.25) is 19.3 Å². The number of fused-ring (bicyclic) bond motifs is 8. The summed E-state index contributed by atoms with van der Waals surface area (Å²) >= 11 is 0. The van der Waals surface area contributed by atoms with Crippen LogP contribution in [0.2, 0.25) is 0 Å². The summed E-state index contributed by atoms with van der Waals surface area (Å²) in [5.74, 6) is -0.413. The maximum atomic E-state index is 14.7. The number of carbonyl (C=O) groups is 3. The quantitative estimate of drug-likeness (QED) is 0.513. The molecule has 2 fully saturated rings. The molecule has 2 N–H and O–H groups in total. The molecule has 0 aliphatic carbocycles. The monoisotopic (exact) mass is 507 g/mol. The number of aryl methyl sites for hydroxylation is 1. The molecule has 4 atom stereocenters. The Morgan fingerprint density at radius 1 is 0.947 bits per heavy atom. The maximum Gasteiger partial charge on any atom is 0.251 e. The van der Waals surface area contributed by atoms with Gasteiger partial charge in [-0.1, -0.05) is 36.4 Å². The van der Waals surface area contributed by atoms with E-state index in [0.29, 0.717) is 41.3 Å². The van der Waals surface area contributed by atoms with Crippen LogP contribution < -0.4 is 20.1 Å². The van der Waals surface area contributed by atoms with Gasteiger partial charge in [-0.05, 0) is 61.7 Å². The fourth-order valence-electron chi connectivity index (χ4n) is 7.98. The van der Waals surface area contributed by atoms with Gasteiger partial charge < -0.3 is 20.1 Å². The number of ketones is 1. The van der Waals surface area contributed by atoms with Crippen LogP contribution in [0.15, 0.2) is 60.7 Å². The third-order valence-corrected chi connectivity index (χ3v) is 9.28. The summed E-state index contributed by atoms with van der Waals surface area (Å²) in [5.41, 5.74) is 1.41. The molecule has 2 amide bonds. The number of carbonyl (C=O) groups excluding carboxylic acids is 3. The zero-order valence-corrected chi connectivity index (χ0v) is 20.7. The lowest BCUT2D eigenvalue weighted by atomic mass is 9.57. The molecule has 0 unspecified atom stereocenters. The van der Waals surface area contributed by atoms with E-state index in [0.717, 1.165) is 23.2 Å². The largest absolute Gasteiger partial charge is 0.454 e. The predicted molar refractivity (Wildman–Crippen MR) is 138 cm³/mol. The first-order valence-corrected chi connectivity index (χ1v) is 13.0. The number of ether oxygens (including phenoxy) is 2. The van der Waals surface area contributed by atoms with E-state index in [4.69, 9.17) is 9.47 Å². The molecule has 2 spiro atoms. The lowest BCUT2D eigenvalue weighted by molar-refractivity contribution is -0.137. The summed E-state index contributed by atoms with van der Waals surface area (Å²) in [6.45, 7) is 2.68. The molecule has 8 heteroatoms. The summed E-state index contributed by atoms with van der Waals surface area (Å²) in [5, 5.41) is 6.21. The standard InChI is InChI=1S/C30H25N3O5/c1-16-6-4-8-19-25(16)32-28(36)30(19)29(18-7-2-3-9-20(18)31-27(29)35)24(21-10-5-13-33(21)30)26(34)17-11-12-22-23(14-17)38-15-37-22/h2-4,6-9,11-12,14,21,24H,5,10,13,15H2,1H3,(H,31,35)(H,32,36)/t21-,24-,29+,30+/m0/s1. The highest BCUT2D eigenvalue weighted by Gasteiger charge is 2.81. The van der Waals surface area contributed by atoms with Gasteiger partial charge in [0.2, 0.25) is 12.7 Å². The van der Waals surface area contributed by atoms with E-state index in [2.05, 4.69) is 15.5 Å². The fraction of sp³-hybridized carbons (Fsp3) is 0.300. The number of anilines is 2. The molecule has 0 bridgehead atoms. The molecule has 8 nitrogen and oxygen atoms in total. The molecule has 0 aromatic heterocycles. The van der Waals surface area contributed by atoms with Crippen molar-refractivity contribution in [2.24, 2.45) is 5.92 Å². The van der Waals surface area contributed by atoms with Crippen LogP contribution in [0.25, 0.3) is 0 Å². The van der Waals surface area contributed by atoms with Crippen molar-refractivity contribution < 1.29 is 23.9 Å². The summed E-state index contributed by atoms with van der Waals surface area (Å²) in [4.78, 5) is 45.8. The first-order chi connectivity index (χ1) is 18.5. The minimum Gasteiger partial charge on any atom is -0.454 e. The average molecular weight is 508 g/mol. The molecular formula is C30H25N3O5. The van der Waals surface area contributed by atoms with E-state index in [9.17, 15) is 14.4 Å². The van der Waals surface area contributed by atoms with Crippen LogP contribution in [-0.2, 0) is 20.5 Å². The van der Waals surface area contributed by atoms with Gasteiger partial charge in [0.15, 0.2) is 17.3 Å².